The largest absolute Gasteiger partial charge is 0.469 e. The molecule has 1 saturated heterocycles. The van der Waals surface area contributed by atoms with Gasteiger partial charge in [-0.2, -0.15) is 0 Å². The van der Waals surface area contributed by atoms with Crippen LogP contribution in [0.1, 0.15) is 6.42 Å². The van der Waals surface area contributed by atoms with Crippen molar-refractivity contribution in [3.63, 3.8) is 0 Å². The van der Waals surface area contributed by atoms with Crippen LogP contribution in [0.25, 0.3) is 0 Å². The predicted octanol–water partition coefficient (Wildman–Crippen LogP) is -1.000. The zero-order valence-electron chi connectivity index (χ0n) is 7.52. The Morgan fingerprint density at radius 3 is 3.00 bits per heavy atom. The van der Waals surface area contributed by atoms with Crippen LogP contribution in [0.15, 0.2) is 0 Å². The Kier molecular flexibility index (Phi) is 3.25. The fourth-order valence-corrected chi connectivity index (χ4v) is 1.43. The van der Waals surface area contributed by atoms with Crippen LogP contribution in [-0.4, -0.2) is 48.7 Å². The van der Waals surface area contributed by atoms with Crippen molar-refractivity contribution in [3.8, 4) is 0 Å². The molecule has 1 N–H and O–H groups in total. The molecule has 13 heavy (non-hydrogen) atoms. The molecule has 0 aliphatic carbocycles. The van der Waals surface area contributed by atoms with Crippen LogP contribution in [0.4, 0.5) is 0 Å². The molecule has 1 atom stereocenters. The molecule has 5 heteroatoms. The van der Waals surface area contributed by atoms with Crippen LogP contribution in [-0.2, 0) is 14.3 Å². The highest BCUT2D eigenvalue weighted by Gasteiger charge is 2.34. The quantitative estimate of drug-likeness (QED) is 0.575. The zero-order valence-corrected chi connectivity index (χ0v) is 7.52. The number of nitrogens with zero attached hydrogens (tertiary/aromatic N) is 1. The minimum atomic E-state index is -0.357. The van der Waals surface area contributed by atoms with E-state index in [1.54, 1.807) is 0 Å². The smallest absolute Gasteiger partial charge is 0.310 e. The third-order valence-electron chi connectivity index (χ3n) is 2.12. The maximum atomic E-state index is 11.2. The molecule has 0 spiro atoms. The van der Waals surface area contributed by atoms with E-state index in [1.165, 1.54) is 12.0 Å². The monoisotopic (exact) mass is 187 g/mol. The van der Waals surface area contributed by atoms with E-state index in [9.17, 15) is 9.59 Å². The first-order chi connectivity index (χ1) is 6.19. The number of β-amino-alcohol motifs (C(OH)–C–C–N with tert-alkyl or cyclic N) is 1. The number of ether oxygens (including phenoxy) is 1. The van der Waals surface area contributed by atoms with Gasteiger partial charge < -0.3 is 14.7 Å². The first kappa shape index (κ1) is 9.98. The summed E-state index contributed by atoms with van der Waals surface area (Å²) in [6.45, 7) is 0.595. The first-order valence-corrected chi connectivity index (χ1v) is 4.15. The van der Waals surface area contributed by atoms with Crippen molar-refractivity contribution in [3.05, 3.63) is 0 Å². The lowest BCUT2D eigenvalue weighted by atomic mass is 10.1. The van der Waals surface area contributed by atoms with Crippen molar-refractivity contribution in [2.75, 3.05) is 26.8 Å². The number of esters is 1. The lowest BCUT2D eigenvalue weighted by Gasteiger charge is -2.13. The normalized spacial score (nSPS) is 22.2. The Labute approximate surface area is 76.3 Å². The van der Waals surface area contributed by atoms with Crippen molar-refractivity contribution < 1.29 is 19.4 Å². The number of aliphatic hydroxyl groups excluding tert-OH is 1. The number of likely N-dealkylation sites (tertiary alicyclic amines) is 1. The second-order valence-corrected chi connectivity index (χ2v) is 2.99. The molecule has 0 aromatic heterocycles. The van der Waals surface area contributed by atoms with Gasteiger partial charge in [0.15, 0.2) is 0 Å². The Bertz CT molecular complexity index is 216. The van der Waals surface area contributed by atoms with Crippen LogP contribution < -0.4 is 0 Å². The van der Waals surface area contributed by atoms with E-state index in [0.717, 1.165) is 0 Å². The molecule has 74 valence electrons. The second-order valence-electron chi connectivity index (χ2n) is 2.99. The van der Waals surface area contributed by atoms with Gasteiger partial charge in [0.25, 0.3) is 0 Å². The van der Waals surface area contributed by atoms with Gasteiger partial charge in [-0.15, -0.1) is 0 Å². The number of carbonyl (C=O) groups is 2. The van der Waals surface area contributed by atoms with E-state index in [-0.39, 0.29) is 30.8 Å². The molecular weight excluding hydrogens is 174 g/mol. The molecular formula is C8H13NO4. The highest BCUT2D eigenvalue weighted by atomic mass is 16.5. The minimum absolute atomic E-state index is 0.0698. The molecule has 5 nitrogen and oxygen atoms in total. The van der Waals surface area contributed by atoms with E-state index in [0.29, 0.717) is 13.1 Å². The highest BCUT2D eigenvalue weighted by molar-refractivity contribution is 5.86. The predicted molar refractivity (Wildman–Crippen MR) is 43.8 cm³/mol. The number of aliphatic hydroxyl groups is 1. The maximum absolute atomic E-state index is 11.2. The van der Waals surface area contributed by atoms with Crippen LogP contribution in [0.2, 0.25) is 0 Å². The van der Waals surface area contributed by atoms with Gasteiger partial charge in [-0.25, -0.2) is 0 Å². The second kappa shape index (κ2) is 4.23. The van der Waals surface area contributed by atoms with E-state index >= 15 is 0 Å². The van der Waals surface area contributed by atoms with Crippen LogP contribution in [0.3, 0.4) is 0 Å². The van der Waals surface area contributed by atoms with Gasteiger partial charge in [-0.05, 0) is 0 Å². The third kappa shape index (κ3) is 2.18. The summed E-state index contributed by atoms with van der Waals surface area (Å²) in [4.78, 5) is 23.7. The summed E-state index contributed by atoms with van der Waals surface area (Å²) in [5.41, 5.74) is 0. The van der Waals surface area contributed by atoms with Crippen LogP contribution in [0.5, 0.6) is 0 Å². The summed E-state index contributed by atoms with van der Waals surface area (Å²) in [5.74, 6) is -0.803. The zero-order chi connectivity index (χ0) is 9.84. The van der Waals surface area contributed by atoms with Gasteiger partial charge in [-0.3, -0.25) is 9.59 Å². The molecule has 1 fully saturated rings. The van der Waals surface area contributed by atoms with E-state index < -0.39 is 0 Å². The van der Waals surface area contributed by atoms with Gasteiger partial charge in [0, 0.05) is 19.5 Å². The number of carbonyl (C=O) groups excluding carboxylic acids is 2. The van der Waals surface area contributed by atoms with Crippen molar-refractivity contribution in [2.45, 2.75) is 6.42 Å². The average Bonchev–Trinajstić information content (AvgIpc) is 2.47. The Morgan fingerprint density at radius 1 is 1.77 bits per heavy atom. The van der Waals surface area contributed by atoms with Gasteiger partial charge in [-0.1, -0.05) is 0 Å². The summed E-state index contributed by atoms with van der Waals surface area (Å²) in [6, 6.07) is 0. The van der Waals surface area contributed by atoms with Crippen molar-refractivity contribution in [1.82, 2.24) is 4.90 Å². The Hall–Kier alpha value is -1.10. The van der Waals surface area contributed by atoms with Crippen molar-refractivity contribution in [2.24, 2.45) is 5.92 Å². The summed E-state index contributed by atoms with van der Waals surface area (Å²) >= 11 is 0. The first-order valence-electron chi connectivity index (χ1n) is 4.15. The van der Waals surface area contributed by atoms with E-state index in [2.05, 4.69) is 4.74 Å². The molecule has 1 aliphatic heterocycles. The van der Waals surface area contributed by atoms with Crippen LogP contribution >= 0.6 is 0 Å². The Morgan fingerprint density at radius 2 is 2.46 bits per heavy atom. The van der Waals surface area contributed by atoms with Gasteiger partial charge in [0.05, 0.1) is 19.6 Å². The molecule has 0 aromatic carbocycles. The molecule has 1 rings (SSSR count). The van der Waals surface area contributed by atoms with E-state index in [4.69, 9.17) is 5.11 Å². The lowest BCUT2D eigenvalue weighted by molar-refractivity contribution is -0.145. The standard InChI is InChI=1S/C8H13NO4/c1-13-8(12)6-4-7(11)9(5-6)2-3-10/h6,10H,2-5H2,1H3. The molecule has 1 aliphatic rings. The molecule has 0 saturated carbocycles. The number of methoxy groups -OCH3 is 1. The summed E-state index contributed by atoms with van der Waals surface area (Å²) in [7, 11) is 1.31. The number of amides is 1. The number of hydrogen-bond acceptors (Lipinski definition) is 4. The number of hydrogen-bond donors (Lipinski definition) is 1. The average molecular weight is 187 g/mol. The molecule has 0 radical (unpaired) electrons. The maximum Gasteiger partial charge on any atom is 0.310 e. The highest BCUT2D eigenvalue weighted by Crippen LogP contribution is 2.18. The molecule has 0 aromatic rings. The van der Waals surface area contributed by atoms with Crippen LogP contribution in [0, 0.1) is 5.92 Å². The fourth-order valence-electron chi connectivity index (χ4n) is 1.43. The SMILES string of the molecule is COC(=O)C1CC(=O)N(CCO)C1. The van der Waals surface area contributed by atoms with Gasteiger partial charge >= 0.3 is 5.97 Å². The Balaban J connectivity index is 2.49. The molecule has 0 bridgehead atoms. The lowest BCUT2D eigenvalue weighted by Crippen LogP contribution is -2.29. The third-order valence-corrected chi connectivity index (χ3v) is 2.12. The number of rotatable bonds is 3. The van der Waals surface area contributed by atoms with Gasteiger partial charge in [0.2, 0.25) is 5.91 Å². The van der Waals surface area contributed by atoms with Gasteiger partial charge in [0.1, 0.15) is 0 Å². The fraction of sp³-hybridized carbons (Fsp3) is 0.750. The van der Waals surface area contributed by atoms with E-state index in [1.807, 2.05) is 0 Å². The van der Waals surface area contributed by atoms with Crippen molar-refractivity contribution >= 4 is 11.9 Å². The summed E-state index contributed by atoms with van der Waals surface area (Å²) in [5, 5.41) is 8.62. The summed E-state index contributed by atoms with van der Waals surface area (Å²) < 4.78 is 4.53. The summed E-state index contributed by atoms with van der Waals surface area (Å²) in [6.07, 6.45) is 0.201. The van der Waals surface area contributed by atoms with Crippen molar-refractivity contribution in [1.29, 1.82) is 0 Å². The molecule has 1 unspecified atom stereocenters. The topological polar surface area (TPSA) is 66.8 Å². The minimum Gasteiger partial charge on any atom is -0.469 e. The molecule has 1 heterocycles. The molecule has 1 amide bonds.